The molecule has 0 aliphatic carbocycles. The molecule has 0 unspecified atom stereocenters. The van der Waals surface area contributed by atoms with Gasteiger partial charge in [-0.05, 0) is 37.8 Å². The van der Waals surface area contributed by atoms with E-state index in [0.29, 0.717) is 6.61 Å². The summed E-state index contributed by atoms with van der Waals surface area (Å²) in [6, 6.07) is 7.92. The second-order valence-corrected chi connectivity index (χ2v) is 5.17. The minimum absolute atomic E-state index is 0.653. The molecule has 1 aliphatic rings. The van der Waals surface area contributed by atoms with Crippen molar-refractivity contribution in [2.75, 3.05) is 44.6 Å². The fraction of sp³-hybridized carbons (Fsp3) is 0.533. The summed E-state index contributed by atoms with van der Waals surface area (Å²) in [4.78, 5) is 4.66. The van der Waals surface area contributed by atoms with Crippen LogP contribution in [-0.2, 0) is 0 Å². The normalized spacial score (nSPS) is 16.0. The summed E-state index contributed by atoms with van der Waals surface area (Å²) in [5, 5.41) is 4.10. The second kappa shape index (κ2) is 7.45. The van der Waals surface area contributed by atoms with Crippen molar-refractivity contribution in [1.82, 2.24) is 9.80 Å². The highest BCUT2D eigenvalue weighted by atomic mass is 32.1. The first-order valence-electron chi connectivity index (χ1n) is 7.24. The van der Waals surface area contributed by atoms with E-state index < -0.39 is 0 Å². The second-order valence-electron chi connectivity index (χ2n) is 4.78. The van der Waals surface area contributed by atoms with Crippen molar-refractivity contribution in [3.05, 3.63) is 24.3 Å². The molecule has 0 bridgehead atoms. The molecule has 1 N–H and O–H groups in total. The summed E-state index contributed by atoms with van der Waals surface area (Å²) in [5.74, 6) is 0.851. The first-order chi connectivity index (χ1) is 9.74. The van der Waals surface area contributed by atoms with Crippen LogP contribution >= 0.6 is 12.2 Å². The van der Waals surface area contributed by atoms with E-state index in [9.17, 15) is 0 Å². The van der Waals surface area contributed by atoms with Gasteiger partial charge in [0.05, 0.1) is 12.3 Å². The summed E-state index contributed by atoms with van der Waals surface area (Å²) >= 11 is 5.52. The zero-order valence-electron chi connectivity index (χ0n) is 12.3. The number of rotatable bonds is 4. The molecule has 1 aromatic carbocycles. The molecule has 4 nitrogen and oxygen atoms in total. The number of thiocarbonyl (C=S) groups is 1. The summed E-state index contributed by atoms with van der Waals surface area (Å²) in [7, 11) is 0. The number of benzene rings is 1. The number of hydrogen-bond donors (Lipinski definition) is 1. The van der Waals surface area contributed by atoms with Crippen LogP contribution < -0.4 is 10.1 Å². The molecule has 0 aromatic heterocycles. The van der Waals surface area contributed by atoms with E-state index in [1.54, 1.807) is 0 Å². The summed E-state index contributed by atoms with van der Waals surface area (Å²) in [6.07, 6.45) is 0. The minimum atomic E-state index is 0.653. The molecule has 20 heavy (non-hydrogen) atoms. The quantitative estimate of drug-likeness (QED) is 0.861. The van der Waals surface area contributed by atoms with Crippen molar-refractivity contribution in [2.45, 2.75) is 13.8 Å². The number of nitrogens with one attached hydrogen (secondary N) is 1. The van der Waals surface area contributed by atoms with Crippen LogP contribution in [0.15, 0.2) is 24.3 Å². The van der Waals surface area contributed by atoms with Gasteiger partial charge in [0.15, 0.2) is 5.11 Å². The minimum Gasteiger partial charge on any atom is -0.492 e. The maximum Gasteiger partial charge on any atom is 0.173 e. The maximum absolute atomic E-state index is 5.61. The van der Waals surface area contributed by atoms with Crippen molar-refractivity contribution in [2.24, 2.45) is 0 Å². The topological polar surface area (TPSA) is 27.7 Å². The molecule has 2 rings (SSSR count). The Bertz CT molecular complexity index is 444. The highest BCUT2D eigenvalue weighted by Gasteiger charge is 2.18. The Kier molecular flexibility index (Phi) is 5.61. The van der Waals surface area contributed by atoms with E-state index in [1.807, 2.05) is 31.2 Å². The number of likely N-dealkylation sites (N-methyl/N-ethyl adjacent to an activating group) is 1. The number of ether oxygens (including phenoxy) is 1. The summed E-state index contributed by atoms with van der Waals surface area (Å²) in [6.45, 7) is 10.1. The Hall–Kier alpha value is -1.33. The van der Waals surface area contributed by atoms with Crippen LogP contribution in [0.4, 0.5) is 5.69 Å². The molecular weight excluding hydrogens is 270 g/mol. The molecule has 1 heterocycles. The van der Waals surface area contributed by atoms with Gasteiger partial charge in [-0.1, -0.05) is 19.1 Å². The Morgan fingerprint density at radius 3 is 2.55 bits per heavy atom. The van der Waals surface area contributed by atoms with Crippen LogP contribution in [0, 0.1) is 0 Å². The van der Waals surface area contributed by atoms with Crippen LogP contribution in [0.2, 0.25) is 0 Å². The average molecular weight is 293 g/mol. The first-order valence-corrected chi connectivity index (χ1v) is 7.65. The van der Waals surface area contributed by atoms with Gasteiger partial charge in [-0.3, -0.25) is 0 Å². The SMILES string of the molecule is CCOc1ccccc1NC(=S)N1CCN(CC)CC1. The van der Waals surface area contributed by atoms with Crippen LogP contribution in [0.3, 0.4) is 0 Å². The van der Waals surface area contributed by atoms with E-state index >= 15 is 0 Å². The third-order valence-corrected chi connectivity index (χ3v) is 3.90. The van der Waals surface area contributed by atoms with Gasteiger partial charge in [-0.25, -0.2) is 0 Å². The van der Waals surface area contributed by atoms with Gasteiger partial charge in [0.1, 0.15) is 5.75 Å². The van der Waals surface area contributed by atoms with E-state index in [-0.39, 0.29) is 0 Å². The number of nitrogens with zero attached hydrogens (tertiary/aromatic N) is 2. The van der Waals surface area contributed by atoms with Gasteiger partial charge < -0.3 is 19.9 Å². The number of hydrogen-bond acceptors (Lipinski definition) is 3. The Labute approximate surface area is 126 Å². The van der Waals surface area contributed by atoms with E-state index in [0.717, 1.165) is 49.3 Å². The Balaban J connectivity index is 1.95. The van der Waals surface area contributed by atoms with Crippen LogP contribution in [0.25, 0.3) is 0 Å². The lowest BCUT2D eigenvalue weighted by Crippen LogP contribution is -2.49. The molecule has 110 valence electrons. The van der Waals surface area contributed by atoms with Crippen LogP contribution in [0.1, 0.15) is 13.8 Å². The molecule has 1 aliphatic heterocycles. The molecule has 1 aromatic rings. The highest BCUT2D eigenvalue weighted by molar-refractivity contribution is 7.80. The van der Waals surface area contributed by atoms with Gasteiger partial charge in [0.25, 0.3) is 0 Å². The first kappa shape index (κ1) is 15.1. The van der Waals surface area contributed by atoms with Crippen molar-refractivity contribution in [3.8, 4) is 5.75 Å². The maximum atomic E-state index is 5.61. The number of piperazine rings is 1. The van der Waals surface area contributed by atoms with Gasteiger partial charge in [-0.2, -0.15) is 0 Å². The summed E-state index contributed by atoms with van der Waals surface area (Å²) in [5.41, 5.74) is 0.942. The molecule has 1 saturated heterocycles. The molecule has 0 spiro atoms. The van der Waals surface area contributed by atoms with Crippen LogP contribution in [-0.4, -0.2) is 54.2 Å². The van der Waals surface area contributed by atoms with Crippen molar-refractivity contribution >= 4 is 23.0 Å². The monoisotopic (exact) mass is 293 g/mol. The largest absolute Gasteiger partial charge is 0.492 e. The Morgan fingerprint density at radius 1 is 1.20 bits per heavy atom. The third kappa shape index (κ3) is 3.84. The lowest BCUT2D eigenvalue weighted by Gasteiger charge is -2.35. The molecule has 5 heteroatoms. The van der Waals surface area contributed by atoms with Gasteiger partial charge in [0.2, 0.25) is 0 Å². The molecule has 0 amide bonds. The predicted octanol–water partition coefficient (Wildman–Crippen LogP) is 2.42. The third-order valence-electron chi connectivity index (χ3n) is 3.54. The van der Waals surface area contributed by atoms with Crippen molar-refractivity contribution < 1.29 is 4.74 Å². The number of para-hydroxylation sites is 2. The lowest BCUT2D eigenvalue weighted by molar-refractivity contribution is 0.191. The summed E-state index contributed by atoms with van der Waals surface area (Å²) < 4.78 is 5.61. The standard InChI is InChI=1S/C15H23N3OS/c1-3-17-9-11-18(12-10-17)15(20)16-13-7-5-6-8-14(13)19-4-2/h5-8H,3-4,9-12H2,1-2H3,(H,16,20). The molecule has 1 fully saturated rings. The zero-order valence-corrected chi connectivity index (χ0v) is 13.1. The number of anilines is 1. The molecular formula is C15H23N3OS. The zero-order chi connectivity index (χ0) is 14.4. The molecule has 0 saturated carbocycles. The predicted molar refractivity (Wildman–Crippen MR) is 87.5 cm³/mol. The molecule has 0 radical (unpaired) electrons. The van der Waals surface area contributed by atoms with Gasteiger partial charge >= 0.3 is 0 Å². The fourth-order valence-corrected chi connectivity index (χ4v) is 2.61. The lowest BCUT2D eigenvalue weighted by atomic mass is 10.3. The van der Waals surface area contributed by atoms with Gasteiger partial charge in [-0.15, -0.1) is 0 Å². The van der Waals surface area contributed by atoms with Gasteiger partial charge in [0, 0.05) is 26.2 Å². The average Bonchev–Trinajstić information content (AvgIpc) is 2.49. The Morgan fingerprint density at radius 2 is 1.90 bits per heavy atom. The van der Waals surface area contributed by atoms with Crippen molar-refractivity contribution in [1.29, 1.82) is 0 Å². The highest BCUT2D eigenvalue weighted by Crippen LogP contribution is 2.24. The van der Waals surface area contributed by atoms with E-state index in [2.05, 4.69) is 22.0 Å². The smallest absolute Gasteiger partial charge is 0.173 e. The molecule has 0 atom stereocenters. The fourth-order valence-electron chi connectivity index (χ4n) is 2.31. The van der Waals surface area contributed by atoms with Crippen LogP contribution in [0.5, 0.6) is 5.75 Å². The van der Waals surface area contributed by atoms with Crippen molar-refractivity contribution in [3.63, 3.8) is 0 Å². The van der Waals surface area contributed by atoms with E-state index in [1.165, 1.54) is 0 Å². The van der Waals surface area contributed by atoms with E-state index in [4.69, 9.17) is 17.0 Å².